The molecule has 1 aliphatic carbocycles. The van der Waals surface area contributed by atoms with Crippen molar-refractivity contribution in [3.63, 3.8) is 0 Å². The lowest BCUT2D eigenvalue weighted by molar-refractivity contribution is -0.384. The average molecular weight is 545 g/mol. The fourth-order valence-corrected chi connectivity index (χ4v) is 6.05. The number of hydrogen-bond donors (Lipinski definition) is 0. The van der Waals surface area contributed by atoms with Crippen LogP contribution in [0.5, 0.6) is 11.5 Å². The lowest BCUT2D eigenvalue weighted by Gasteiger charge is -2.38. The maximum atomic E-state index is 14.0. The molecule has 9 nitrogen and oxygen atoms in total. The van der Waals surface area contributed by atoms with Crippen LogP contribution >= 0.6 is 11.6 Å². The molecule has 4 atom stereocenters. The van der Waals surface area contributed by atoms with Gasteiger partial charge in [-0.05, 0) is 47.9 Å². The molecule has 3 aromatic carbocycles. The summed E-state index contributed by atoms with van der Waals surface area (Å²) in [6.45, 7) is 1.88. The monoisotopic (exact) mass is 544 g/mol. The Morgan fingerprint density at radius 2 is 1.69 bits per heavy atom. The Balaban J connectivity index is 1.55. The van der Waals surface area contributed by atoms with Crippen LogP contribution in [0.15, 0.2) is 66.7 Å². The first-order chi connectivity index (χ1) is 18.7. The van der Waals surface area contributed by atoms with Crippen LogP contribution < -0.4 is 14.4 Å². The number of amides is 2. The number of ether oxygens (including phenoxy) is 2. The third kappa shape index (κ3) is 3.80. The van der Waals surface area contributed by atoms with Gasteiger partial charge in [0, 0.05) is 23.6 Å². The molecule has 3 aliphatic rings. The Morgan fingerprint density at radius 3 is 2.38 bits per heavy atom. The summed E-state index contributed by atoms with van der Waals surface area (Å²) in [6, 6.07) is 16.2. The summed E-state index contributed by atoms with van der Waals surface area (Å²) in [6.07, 6.45) is 1.87. The number of methoxy groups -OCH3 is 1. The Hall–Kier alpha value is -4.50. The number of nitro benzene ring substituents is 1. The van der Waals surface area contributed by atoms with Gasteiger partial charge in [-0.3, -0.25) is 24.5 Å². The predicted molar refractivity (Wildman–Crippen MR) is 142 cm³/mol. The summed E-state index contributed by atoms with van der Waals surface area (Å²) in [5.41, 5.74) is 2.52. The van der Waals surface area contributed by atoms with E-state index < -0.39 is 46.4 Å². The molecule has 0 unspecified atom stereocenters. The van der Waals surface area contributed by atoms with E-state index in [-0.39, 0.29) is 16.4 Å². The molecule has 0 N–H and O–H groups in total. The molecule has 6 rings (SSSR count). The molecule has 0 spiro atoms. The summed E-state index contributed by atoms with van der Waals surface area (Å²) in [4.78, 5) is 53.2. The highest BCUT2D eigenvalue weighted by atomic mass is 35.5. The fraction of sp³-hybridized carbons (Fsp3) is 0.207. The van der Waals surface area contributed by atoms with E-state index in [2.05, 4.69) is 0 Å². The van der Waals surface area contributed by atoms with Crippen LogP contribution in [0.1, 0.15) is 22.6 Å². The molecular weight excluding hydrogens is 524 g/mol. The first kappa shape index (κ1) is 24.8. The number of fused-ring (bicyclic) bond motifs is 5. The maximum Gasteiger partial charge on any atom is 0.319 e. The van der Waals surface area contributed by atoms with E-state index >= 15 is 0 Å². The van der Waals surface area contributed by atoms with Gasteiger partial charge in [0.2, 0.25) is 11.8 Å². The van der Waals surface area contributed by atoms with Gasteiger partial charge in [-0.2, -0.15) is 0 Å². The van der Waals surface area contributed by atoms with Crippen LogP contribution in [0, 0.1) is 34.8 Å². The highest BCUT2D eigenvalue weighted by Crippen LogP contribution is 2.55. The van der Waals surface area contributed by atoms with Crippen LogP contribution in [0.2, 0.25) is 5.02 Å². The third-order valence-corrected chi connectivity index (χ3v) is 7.95. The van der Waals surface area contributed by atoms with E-state index in [1.54, 1.807) is 25.3 Å². The lowest BCUT2D eigenvalue weighted by Crippen LogP contribution is -2.42. The van der Waals surface area contributed by atoms with Crippen molar-refractivity contribution in [3.05, 3.63) is 98.6 Å². The molecule has 196 valence electrons. The first-order valence-corrected chi connectivity index (χ1v) is 12.6. The molecule has 39 heavy (non-hydrogen) atoms. The summed E-state index contributed by atoms with van der Waals surface area (Å²) < 4.78 is 10.9. The van der Waals surface area contributed by atoms with Gasteiger partial charge in [0.05, 0.1) is 40.5 Å². The topological polar surface area (TPSA) is 116 Å². The van der Waals surface area contributed by atoms with E-state index in [0.29, 0.717) is 22.6 Å². The Labute approximate surface area is 227 Å². The normalized spacial score (nSPS) is 23.4. The van der Waals surface area contributed by atoms with Crippen LogP contribution in [-0.2, 0) is 14.4 Å². The Kier molecular flexibility index (Phi) is 5.76. The molecule has 2 aliphatic heterocycles. The van der Waals surface area contributed by atoms with E-state index in [9.17, 15) is 24.5 Å². The smallest absolute Gasteiger partial charge is 0.319 e. The van der Waals surface area contributed by atoms with E-state index in [4.69, 9.17) is 21.1 Å². The summed E-state index contributed by atoms with van der Waals surface area (Å²) in [5.74, 6) is -4.53. The minimum atomic E-state index is -1.10. The molecule has 2 amide bonds. The molecule has 0 saturated carbocycles. The quantitative estimate of drug-likeness (QED) is 0.148. The van der Waals surface area contributed by atoms with Crippen LogP contribution in [-0.4, -0.2) is 29.8 Å². The van der Waals surface area contributed by atoms with Gasteiger partial charge < -0.3 is 9.47 Å². The van der Waals surface area contributed by atoms with Gasteiger partial charge in [0.1, 0.15) is 11.5 Å². The number of carbonyl (C=O) groups is 3. The number of nitro groups is 1. The number of benzene rings is 3. The van der Waals surface area contributed by atoms with Crippen molar-refractivity contribution < 1.29 is 28.8 Å². The highest BCUT2D eigenvalue weighted by Gasteiger charge is 2.60. The van der Waals surface area contributed by atoms with Crippen LogP contribution in [0.25, 0.3) is 5.57 Å². The number of anilines is 1. The second-order valence-electron chi connectivity index (χ2n) is 9.78. The van der Waals surface area contributed by atoms with Crippen molar-refractivity contribution in [1.29, 1.82) is 0 Å². The average Bonchev–Trinajstić information content (AvgIpc) is 3.18. The largest absolute Gasteiger partial charge is 0.497 e. The summed E-state index contributed by atoms with van der Waals surface area (Å²) in [7, 11) is 1.55. The summed E-state index contributed by atoms with van der Waals surface area (Å²) in [5, 5.41) is 11.5. The number of imide groups is 1. The Bertz CT molecular complexity index is 1610. The van der Waals surface area contributed by atoms with Gasteiger partial charge in [0.15, 0.2) is 0 Å². The molecule has 0 bridgehead atoms. The zero-order valence-corrected chi connectivity index (χ0v) is 21.5. The second-order valence-corrected chi connectivity index (χ2v) is 10.2. The van der Waals surface area contributed by atoms with E-state index in [1.165, 1.54) is 12.1 Å². The van der Waals surface area contributed by atoms with Gasteiger partial charge in [0.25, 0.3) is 5.69 Å². The van der Waals surface area contributed by atoms with E-state index in [1.807, 2.05) is 37.3 Å². The Morgan fingerprint density at radius 1 is 0.974 bits per heavy atom. The van der Waals surface area contributed by atoms with Crippen LogP contribution in [0.3, 0.4) is 0 Å². The molecule has 1 fully saturated rings. The van der Waals surface area contributed by atoms with Gasteiger partial charge >= 0.3 is 5.97 Å². The molecule has 0 aromatic heterocycles. The van der Waals surface area contributed by atoms with Crippen molar-refractivity contribution in [3.8, 4) is 11.5 Å². The zero-order chi connectivity index (χ0) is 27.6. The number of carbonyl (C=O) groups excluding carboxylic acids is 3. The van der Waals surface area contributed by atoms with Crippen molar-refractivity contribution >= 4 is 46.3 Å². The standard InChI is InChI=1S/C29H21ClN2O7/c1-14-3-9-18-20-13-19(15-4-7-17(38-2)8-5-15)24-26(25(20)29(35)39-23(18)11-14)28(34)31(27(24)33)22-12-16(32(36)37)6-10-21(22)30/h3-13,19,24-26H,1-2H3/t19-,24-,25-,26+/m0/s1. The van der Waals surface area contributed by atoms with Crippen molar-refractivity contribution in [2.75, 3.05) is 12.0 Å². The zero-order valence-electron chi connectivity index (χ0n) is 20.8. The number of hydrogen-bond acceptors (Lipinski definition) is 7. The minimum absolute atomic E-state index is 0.00201. The fourth-order valence-electron chi connectivity index (χ4n) is 5.84. The summed E-state index contributed by atoms with van der Waals surface area (Å²) >= 11 is 6.36. The van der Waals surface area contributed by atoms with Gasteiger partial charge in [-0.25, -0.2) is 4.90 Å². The number of esters is 1. The predicted octanol–water partition coefficient (Wildman–Crippen LogP) is 5.09. The number of non-ortho nitro benzene ring substituents is 1. The highest BCUT2D eigenvalue weighted by molar-refractivity contribution is 6.36. The van der Waals surface area contributed by atoms with Crippen molar-refractivity contribution in [1.82, 2.24) is 0 Å². The number of rotatable bonds is 4. The third-order valence-electron chi connectivity index (χ3n) is 7.63. The number of halogens is 1. The molecule has 0 radical (unpaired) electrons. The molecule has 3 aromatic rings. The number of aryl methyl sites for hydroxylation is 1. The lowest BCUT2D eigenvalue weighted by atomic mass is 9.64. The van der Waals surface area contributed by atoms with Gasteiger partial charge in [-0.1, -0.05) is 41.9 Å². The van der Waals surface area contributed by atoms with Gasteiger partial charge in [-0.15, -0.1) is 0 Å². The molecular formula is C29H21ClN2O7. The number of allylic oxidation sites excluding steroid dienone is 1. The minimum Gasteiger partial charge on any atom is -0.497 e. The van der Waals surface area contributed by atoms with Crippen molar-refractivity contribution in [2.24, 2.45) is 17.8 Å². The maximum absolute atomic E-state index is 14.0. The number of nitrogens with zero attached hydrogens (tertiary/aromatic N) is 2. The van der Waals surface area contributed by atoms with E-state index in [0.717, 1.165) is 22.1 Å². The molecule has 10 heteroatoms. The van der Waals surface area contributed by atoms with Crippen LogP contribution in [0.4, 0.5) is 11.4 Å². The van der Waals surface area contributed by atoms with Crippen molar-refractivity contribution in [2.45, 2.75) is 12.8 Å². The second kappa shape index (κ2) is 9.06. The molecule has 1 saturated heterocycles. The first-order valence-electron chi connectivity index (χ1n) is 12.2. The SMILES string of the molecule is COc1ccc([C@@H]2C=C3c4ccc(C)cc4OC(=O)[C@@H]3[C@@H]3C(=O)N(c4cc([N+](=O)[O-])ccc4Cl)C(=O)[C@H]32)cc1. The molecule has 2 heterocycles.